The van der Waals surface area contributed by atoms with Gasteiger partial charge in [0, 0.05) is 0 Å². The van der Waals surface area contributed by atoms with E-state index in [9.17, 15) is 8.42 Å². The van der Waals surface area contributed by atoms with E-state index >= 15 is 0 Å². The molecule has 2 N–H and O–H groups in total. The summed E-state index contributed by atoms with van der Waals surface area (Å²) in [5.74, 6) is 0. The fourth-order valence-corrected chi connectivity index (χ4v) is 3.59. The van der Waals surface area contributed by atoms with Crippen molar-refractivity contribution in [1.82, 2.24) is 0 Å². The lowest BCUT2D eigenvalue weighted by atomic mass is 9.94. The maximum absolute atomic E-state index is 12.0. The highest BCUT2D eigenvalue weighted by Gasteiger charge is 2.15. The Labute approximate surface area is 148 Å². The van der Waals surface area contributed by atoms with Gasteiger partial charge in [0.1, 0.15) is 0 Å². The Balaban J connectivity index is 2.29. The summed E-state index contributed by atoms with van der Waals surface area (Å²) in [5.41, 5.74) is 4.44. The van der Waals surface area contributed by atoms with Crippen molar-refractivity contribution in [3.8, 4) is 0 Å². The summed E-state index contributed by atoms with van der Waals surface area (Å²) < 4.78 is 24.0. The molecule has 0 aliphatic heterocycles. The quantitative estimate of drug-likeness (QED) is 0.717. The molecule has 0 spiro atoms. The van der Waals surface area contributed by atoms with E-state index < -0.39 is 10.0 Å². The van der Waals surface area contributed by atoms with Gasteiger partial charge in [-0.25, -0.2) is 13.6 Å². The van der Waals surface area contributed by atoms with E-state index in [0.717, 1.165) is 22.3 Å². The van der Waals surface area contributed by atoms with Gasteiger partial charge in [-0.3, -0.25) is 0 Å². The van der Waals surface area contributed by atoms with Crippen LogP contribution in [0, 0.1) is 6.92 Å². The van der Waals surface area contributed by atoms with Crippen molar-refractivity contribution >= 4 is 21.7 Å². The number of hydrogen-bond acceptors (Lipinski definition) is 2. The van der Waals surface area contributed by atoms with Crippen molar-refractivity contribution in [2.45, 2.75) is 11.8 Å². The third-order valence-electron chi connectivity index (χ3n) is 4.05. The topological polar surface area (TPSA) is 60.2 Å². The number of hydrogen-bond donors (Lipinski definition) is 1. The second-order valence-electron chi connectivity index (χ2n) is 5.82. The summed E-state index contributed by atoms with van der Waals surface area (Å²) in [4.78, 5) is 0.136. The van der Waals surface area contributed by atoms with E-state index in [4.69, 9.17) is 5.14 Å². The molecule has 3 aromatic rings. The van der Waals surface area contributed by atoms with Gasteiger partial charge in [0.2, 0.25) is 10.0 Å². The van der Waals surface area contributed by atoms with Crippen molar-refractivity contribution < 1.29 is 8.42 Å². The lowest BCUT2D eigenvalue weighted by Crippen LogP contribution is -2.14. The molecule has 3 aromatic carbocycles. The van der Waals surface area contributed by atoms with Crippen LogP contribution in [0.3, 0.4) is 0 Å². The fourth-order valence-electron chi connectivity index (χ4n) is 2.80. The third kappa shape index (κ3) is 3.87. The molecule has 126 valence electrons. The van der Waals surface area contributed by atoms with Crippen molar-refractivity contribution in [2.75, 3.05) is 0 Å². The van der Waals surface area contributed by atoms with Crippen LogP contribution in [-0.2, 0) is 10.0 Å². The Morgan fingerprint density at radius 2 is 1.32 bits per heavy atom. The van der Waals surface area contributed by atoms with Gasteiger partial charge in [0.25, 0.3) is 0 Å². The van der Waals surface area contributed by atoms with Gasteiger partial charge < -0.3 is 0 Å². The second kappa shape index (κ2) is 7.05. The summed E-state index contributed by atoms with van der Waals surface area (Å²) in [6, 6.07) is 24.9. The van der Waals surface area contributed by atoms with E-state index in [0.29, 0.717) is 5.56 Å². The second-order valence-corrected chi connectivity index (χ2v) is 7.35. The molecule has 3 rings (SSSR count). The minimum absolute atomic E-state index is 0.136. The molecule has 0 fully saturated rings. The fraction of sp³-hybridized carbons (Fsp3) is 0.0476. The van der Waals surface area contributed by atoms with Crippen LogP contribution in [-0.4, -0.2) is 8.42 Å². The van der Waals surface area contributed by atoms with Crippen LogP contribution in [0.15, 0.2) is 83.8 Å². The van der Waals surface area contributed by atoms with Gasteiger partial charge in [-0.05, 0) is 46.9 Å². The summed E-state index contributed by atoms with van der Waals surface area (Å²) in [6.45, 7) is 1.88. The Morgan fingerprint density at radius 1 is 0.800 bits per heavy atom. The van der Waals surface area contributed by atoms with Gasteiger partial charge in [-0.15, -0.1) is 0 Å². The first-order valence-corrected chi connectivity index (χ1v) is 9.46. The molecular weight excluding hydrogens is 330 g/mol. The van der Waals surface area contributed by atoms with Crippen LogP contribution in [0.1, 0.15) is 22.3 Å². The molecule has 0 bridgehead atoms. The number of sulfonamides is 1. The molecule has 0 saturated carbocycles. The van der Waals surface area contributed by atoms with Crippen LogP contribution in [0.5, 0.6) is 0 Å². The highest BCUT2D eigenvalue weighted by atomic mass is 32.2. The highest BCUT2D eigenvalue weighted by molar-refractivity contribution is 7.89. The Bertz CT molecular complexity index is 967. The molecule has 0 heterocycles. The standard InChI is InChI=1S/C21H19NO2S/c1-16-9-8-14-21(25(22,23)24)19(16)15-20(17-10-4-2-5-11-17)18-12-6-3-7-13-18/h2-15H,1H3,(H2,22,23,24). The van der Waals surface area contributed by atoms with E-state index in [1.807, 2.05) is 79.7 Å². The maximum Gasteiger partial charge on any atom is 0.238 e. The lowest BCUT2D eigenvalue weighted by Gasteiger charge is -2.12. The Morgan fingerprint density at radius 3 is 1.80 bits per heavy atom. The van der Waals surface area contributed by atoms with Crippen molar-refractivity contribution in [3.05, 3.63) is 101 Å². The molecule has 25 heavy (non-hydrogen) atoms. The lowest BCUT2D eigenvalue weighted by molar-refractivity contribution is 0.597. The van der Waals surface area contributed by atoms with Crippen LogP contribution in [0.4, 0.5) is 0 Å². The van der Waals surface area contributed by atoms with E-state index in [1.54, 1.807) is 12.1 Å². The SMILES string of the molecule is Cc1cccc(S(N)(=O)=O)c1C=C(c1ccccc1)c1ccccc1. The summed E-state index contributed by atoms with van der Waals surface area (Å²) >= 11 is 0. The molecule has 0 atom stereocenters. The van der Waals surface area contributed by atoms with E-state index in [2.05, 4.69) is 0 Å². The summed E-state index contributed by atoms with van der Waals surface area (Å²) in [6.07, 6.45) is 1.90. The average Bonchev–Trinajstić information content (AvgIpc) is 2.61. The molecule has 0 aliphatic rings. The zero-order chi connectivity index (χ0) is 17.9. The van der Waals surface area contributed by atoms with Crippen molar-refractivity contribution in [2.24, 2.45) is 5.14 Å². The predicted octanol–water partition coefficient (Wildman–Crippen LogP) is 4.23. The monoisotopic (exact) mass is 349 g/mol. The van der Waals surface area contributed by atoms with Gasteiger partial charge >= 0.3 is 0 Å². The molecule has 0 aromatic heterocycles. The van der Waals surface area contributed by atoms with Gasteiger partial charge in [-0.1, -0.05) is 72.8 Å². The van der Waals surface area contributed by atoms with Gasteiger partial charge in [0.05, 0.1) is 4.90 Å². The van der Waals surface area contributed by atoms with Crippen LogP contribution < -0.4 is 5.14 Å². The van der Waals surface area contributed by atoms with E-state index in [-0.39, 0.29) is 4.90 Å². The predicted molar refractivity (Wildman–Crippen MR) is 102 cm³/mol. The zero-order valence-electron chi connectivity index (χ0n) is 13.9. The summed E-state index contributed by atoms with van der Waals surface area (Å²) in [5, 5.41) is 5.42. The Hall–Kier alpha value is -2.69. The number of nitrogens with two attached hydrogens (primary N) is 1. The van der Waals surface area contributed by atoms with Crippen LogP contribution in [0.2, 0.25) is 0 Å². The summed E-state index contributed by atoms with van der Waals surface area (Å²) in [7, 11) is -3.81. The number of benzene rings is 3. The van der Waals surface area contributed by atoms with Crippen LogP contribution in [0.25, 0.3) is 11.6 Å². The van der Waals surface area contributed by atoms with Gasteiger partial charge in [0.15, 0.2) is 0 Å². The highest BCUT2D eigenvalue weighted by Crippen LogP contribution is 2.29. The van der Waals surface area contributed by atoms with E-state index in [1.165, 1.54) is 0 Å². The van der Waals surface area contributed by atoms with Crippen LogP contribution >= 0.6 is 0 Å². The normalized spacial score (nSPS) is 11.1. The number of aryl methyl sites for hydroxylation is 1. The maximum atomic E-state index is 12.0. The molecule has 0 saturated heterocycles. The Kier molecular flexibility index (Phi) is 4.83. The third-order valence-corrected chi connectivity index (χ3v) is 5.02. The van der Waals surface area contributed by atoms with Crippen molar-refractivity contribution in [1.29, 1.82) is 0 Å². The smallest absolute Gasteiger partial charge is 0.225 e. The molecular formula is C21H19NO2S. The number of primary sulfonamides is 1. The van der Waals surface area contributed by atoms with Crippen molar-refractivity contribution in [3.63, 3.8) is 0 Å². The zero-order valence-corrected chi connectivity index (χ0v) is 14.7. The molecule has 4 heteroatoms. The molecule has 0 unspecified atom stereocenters. The first-order valence-electron chi connectivity index (χ1n) is 7.92. The molecule has 3 nitrogen and oxygen atoms in total. The minimum atomic E-state index is -3.81. The average molecular weight is 349 g/mol. The first-order chi connectivity index (χ1) is 12.0. The first kappa shape index (κ1) is 17.1. The molecule has 0 amide bonds. The molecule has 0 radical (unpaired) electrons. The van der Waals surface area contributed by atoms with Gasteiger partial charge in [-0.2, -0.15) is 0 Å². The minimum Gasteiger partial charge on any atom is -0.225 e. The molecule has 0 aliphatic carbocycles. The number of rotatable bonds is 4. The largest absolute Gasteiger partial charge is 0.238 e.